The Morgan fingerprint density at radius 1 is 1.29 bits per heavy atom. The number of nitrogens with two attached hydrogens (primary N) is 1. The number of nitrogens with one attached hydrogen (secondary N) is 1. The fourth-order valence-electron chi connectivity index (χ4n) is 3.29. The average Bonchev–Trinajstić information content (AvgIpc) is 3.06. The third-order valence-corrected chi connectivity index (χ3v) is 4.98. The van der Waals surface area contributed by atoms with Crippen molar-refractivity contribution < 1.29 is 24.2 Å². The second-order valence-corrected chi connectivity index (χ2v) is 7.15. The number of carboxylic acids is 1. The van der Waals surface area contributed by atoms with Crippen LogP contribution in [-0.2, 0) is 16.0 Å². The number of hydrogen-bond donors (Lipinski definition) is 3. The normalized spacial score (nSPS) is 21.4. The summed E-state index contributed by atoms with van der Waals surface area (Å²) in [4.78, 5) is 26.9. The molecule has 2 heterocycles. The number of ether oxygens (including phenoxy) is 2. The zero-order valence-electron chi connectivity index (χ0n) is 15.9. The molecule has 0 aliphatic carbocycles. The van der Waals surface area contributed by atoms with Crippen LogP contribution in [0.15, 0.2) is 24.3 Å². The summed E-state index contributed by atoms with van der Waals surface area (Å²) in [5.41, 5.74) is 6.36. The summed E-state index contributed by atoms with van der Waals surface area (Å²) in [5.74, 6) is -0.382. The maximum absolute atomic E-state index is 12.0. The molecule has 1 aromatic rings. The van der Waals surface area contributed by atoms with Crippen molar-refractivity contribution in [3.63, 3.8) is 0 Å². The molecular formula is C19H28N4O5. The molecule has 2 aliphatic rings. The predicted molar refractivity (Wildman–Crippen MR) is 102 cm³/mol. The van der Waals surface area contributed by atoms with Crippen molar-refractivity contribution in [2.24, 2.45) is 5.73 Å². The third kappa shape index (κ3) is 5.82. The first-order valence-electron chi connectivity index (χ1n) is 9.60. The lowest BCUT2D eigenvalue weighted by Crippen LogP contribution is -2.46. The average molecular weight is 392 g/mol. The van der Waals surface area contributed by atoms with E-state index in [1.807, 2.05) is 0 Å². The lowest BCUT2D eigenvalue weighted by Gasteiger charge is -2.28. The topological polar surface area (TPSA) is 117 Å². The van der Waals surface area contributed by atoms with E-state index in [0.29, 0.717) is 18.8 Å². The summed E-state index contributed by atoms with van der Waals surface area (Å²) in [6.45, 7) is 6.30. The molecule has 1 aromatic carbocycles. The van der Waals surface area contributed by atoms with Gasteiger partial charge in [-0.25, -0.2) is 4.79 Å². The molecule has 3 rings (SSSR count). The molecule has 28 heavy (non-hydrogen) atoms. The molecule has 0 spiro atoms. The van der Waals surface area contributed by atoms with Crippen LogP contribution in [0.3, 0.4) is 0 Å². The molecule has 9 heteroatoms. The van der Waals surface area contributed by atoms with E-state index >= 15 is 0 Å². The fourth-order valence-corrected chi connectivity index (χ4v) is 3.29. The molecule has 4 N–H and O–H groups in total. The second-order valence-electron chi connectivity index (χ2n) is 7.15. The summed E-state index contributed by atoms with van der Waals surface area (Å²) >= 11 is 0. The smallest absolute Gasteiger partial charge is 0.410 e. The van der Waals surface area contributed by atoms with Crippen molar-refractivity contribution in [1.29, 1.82) is 0 Å². The van der Waals surface area contributed by atoms with Gasteiger partial charge in [0.15, 0.2) is 6.10 Å². The Labute approximate surface area is 164 Å². The van der Waals surface area contributed by atoms with Crippen LogP contribution in [0, 0.1) is 0 Å². The maximum Gasteiger partial charge on any atom is 0.410 e. The lowest BCUT2D eigenvalue weighted by atomic mass is 10.1. The Morgan fingerprint density at radius 2 is 2.00 bits per heavy atom. The molecule has 2 aliphatic heterocycles. The van der Waals surface area contributed by atoms with E-state index in [2.05, 4.69) is 10.2 Å². The first-order chi connectivity index (χ1) is 13.5. The molecule has 154 valence electrons. The molecule has 2 fully saturated rings. The molecule has 0 aromatic heterocycles. The van der Waals surface area contributed by atoms with Crippen molar-refractivity contribution in [2.45, 2.75) is 18.6 Å². The number of carboxylic acid groups (broad SMARTS) is 1. The highest BCUT2D eigenvalue weighted by atomic mass is 16.6. The summed E-state index contributed by atoms with van der Waals surface area (Å²) < 4.78 is 11.1. The van der Waals surface area contributed by atoms with Crippen LogP contribution in [0.1, 0.15) is 5.56 Å². The minimum atomic E-state index is -1.02. The van der Waals surface area contributed by atoms with Gasteiger partial charge in [0.05, 0.1) is 6.54 Å². The fraction of sp³-hybridized carbons (Fsp3) is 0.579. The van der Waals surface area contributed by atoms with Crippen molar-refractivity contribution >= 4 is 12.1 Å². The predicted octanol–water partition coefficient (Wildman–Crippen LogP) is -0.254. The van der Waals surface area contributed by atoms with E-state index in [0.717, 1.165) is 38.3 Å². The van der Waals surface area contributed by atoms with Crippen LogP contribution >= 0.6 is 0 Å². The summed E-state index contributed by atoms with van der Waals surface area (Å²) in [5, 5.41) is 12.2. The van der Waals surface area contributed by atoms with Crippen LogP contribution in [0.25, 0.3) is 0 Å². The van der Waals surface area contributed by atoms with Gasteiger partial charge in [-0.3, -0.25) is 9.69 Å². The van der Waals surface area contributed by atoms with E-state index in [1.165, 1.54) is 0 Å². The number of carbonyl (C=O) groups is 2. The van der Waals surface area contributed by atoms with Crippen LogP contribution in [0.2, 0.25) is 0 Å². The Balaban J connectivity index is 1.40. The first kappa shape index (κ1) is 20.4. The highest BCUT2D eigenvalue weighted by Crippen LogP contribution is 2.16. The second kappa shape index (κ2) is 9.72. The summed E-state index contributed by atoms with van der Waals surface area (Å²) in [6, 6.07) is 6.19. The lowest BCUT2D eigenvalue weighted by molar-refractivity contribution is -0.138. The minimum absolute atomic E-state index is 0.262. The minimum Gasteiger partial charge on any atom is -0.490 e. The van der Waals surface area contributed by atoms with E-state index in [4.69, 9.17) is 20.3 Å². The zero-order chi connectivity index (χ0) is 19.9. The molecule has 2 atom stereocenters. The van der Waals surface area contributed by atoms with Crippen LogP contribution in [0.5, 0.6) is 5.75 Å². The number of carbonyl (C=O) groups excluding carboxylic acids is 1. The Bertz CT molecular complexity index is 663. The number of cyclic esters (lactones) is 1. The molecule has 9 nitrogen and oxygen atoms in total. The molecule has 2 saturated heterocycles. The number of nitrogens with zero attached hydrogens (tertiary/aromatic N) is 2. The quantitative estimate of drug-likeness (QED) is 0.527. The number of piperazine rings is 1. The van der Waals surface area contributed by atoms with Gasteiger partial charge in [-0.15, -0.1) is 0 Å². The SMILES string of the molecule is NC(Cc1ccc(OCC2CN(CCN3CCNCC3)C(=O)O2)cc1)C(=O)O. The Morgan fingerprint density at radius 3 is 2.68 bits per heavy atom. The summed E-state index contributed by atoms with van der Waals surface area (Å²) in [6.07, 6.45) is -0.324. The third-order valence-electron chi connectivity index (χ3n) is 4.98. The molecule has 0 saturated carbocycles. The first-order valence-corrected chi connectivity index (χ1v) is 9.60. The van der Waals surface area contributed by atoms with Crippen LogP contribution in [0.4, 0.5) is 4.79 Å². The molecule has 0 bridgehead atoms. The van der Waals surface area contributed by atoms with Crippen molar-refractivity contribution in [3.05, 3.63) is 29.8 Å². The van der Waals surface area contributed by atoms with Gasteiger partial charge in [-0.2, -0.15) is 0 Å². The van der Waals surface area contributed by atoms with Gasteiger partial charge in [0, 0.05) is 39.3 Å². The number of amides is 1. The molecular weight excluding hydrogens is 364 g/mol. The van der Waals surface area contributed by atoms with Crippen molar-refractivity contribution in [2.75, 3.05) is 52.4 Å². The van der Waals surface area contributed by atoms with Gasteiger partial charge in [0.1, 0.15) is 18.4 Å². The molecule has 1 amide bonds. The van der Waals surface area contributed by atoms with Crippen molar-refractivity contribution in [3.8, 4) is 5.75 Å². The van der Waals surface area contributed by atoms with Crippen molar-refractivity contribution in [1.82, 2.24) is 15.1 Å². The van der Waals surface area contributed by atoms with Crippen LogP contribution < -0.4 is 15.8 Å². The van der Waals surface area contributed by atoms with E-state index in [9.17, 15) is 9.59 Å². The standard InChI is InChI=1S/C19H28N4O5/c20-17(18(24)25)11-14-1-3-15(4-2-14)27-13-16-12-23(19(26)28-16)10-9-22-7-5-21-6-8-22/h1-4,16-17,21H,5-13,20H2,(H,24,25). The molecule has 0 radical (unpaired) electrons. The maximum atomic E-state index is 12.0. The van der Waals surface area contributed by atoms with Gasteiger partial charge >= 0.3 is 12.1 Å². The largest absolute Gasteiger partial charge is 0.490 e. The van der Waals surface area contributed by atoms with Crippen LogP contribution in [-0.4, -0.2) is 91.5 Å². The Hall–Kier alpha value is -2.36. The summed E-state index contributed by atoms with van der Waals surface area (Å²) in [7, 11) is 0. The number of rotatable bonds is 9. The molecule has 2 unspecified atom stereocenters. The van der Waals surface area contributed by atoms with E-state index in [1.54, 1.807) is 29.2 Å². The Kier molecular flexibility index (Phi) is 7.07. The monoisotopic (exact) mass is 392 g/mol. The number of benzene rings is 1. The van der Waals surface area contributed by atoms with Gasteiger partial charge < -0.3 is 30.5 Å². The number of aliphatic carboxylic acids is 1. The number of hydrogen-bond acceptors (Lipinski definition) is 7. The van der Waals surface area contributed by atoms with E-state index < -0.39 is 12.0 Å². The highest BCUT2D eigenvalue weighted by molar-refractivity contribution is 5.73. The zero-order valence-corrected chi connectivity index (χ0v) is 15.9. The van der Waals surface area contributed by atoms with Gasteiger partial charge in [0.25, 0.3) is 0 Å². The van der Waals surface area contributed by atoms with E-state index in [-0.39, 0.29) is 25.2 Å². The van der Waals surface area contributed by atoms with Gasteiger partial charge in [0.2, 0.25) is 0 Å². The van der Waals surface area contributed by atoms with Gasteiger partial charge in [-0.1, -0.05) is 12.1 Å². The van der Waals surface area contributed by atoms with Gasteiger partial charge in [-0.05, 0) is 24.1 Å². The highest BCUT2D eigenvalue weighted by Gasteiger charge is 2.31.